The summed E-state index contributed by atoms with van der Waals surface area (Å²) in [5, 5.41) is 13.3. The fraction of sp³-hybridized carbons (Fsp3) is 0.625. The van der Waals surface area contributed by atoms with Gasteiger partial charge in [-0.3, -0.25) is 0 Å². The standard InChI is InChI=1S/C16H23NO2/c1-17-14-9-6-11-10-12(7-8-13(11)14)19-16-5-3-2-4-15(16)18/h7-8,10,14-18H,2-6,9H2,1H3. The third kappa shape index (κ3) is 2.63. The van der Waals surface area contributed by atoms with Gasteiger partial charge in [0.05, 0.1) is 6.10 Å². The lowest BCUT2D eigenvalue weighted by Gasteiger charge is -2.28. The number of aliphatic hydroxyl groups is 1. The highest BCUT2D eigenvalue weighted by Crippen LogP contribution is 2.34. The van der Waals surface area contributed by atoms with E-state index < -0.39 is 0 Å². The van der Waals surface area contributed by atoms with Crippen molar-refractivity contribution in [1.82, 2.24) is 5.32 Å². The molecule has 3 atom stereocenters. The van der Waals surface area contributed by atoms with Crippen LogP contribution in [0.15, 0.2) is 18.2 Å². The number of hydrogen-bond donors (Lipinski definition) is 2. The minimum atomic E-state index is -0.299. The normalized spacial score (nSPS) is 30.1. The van der Waals surface area contributed by atoms with Gasteiger partial charge in [0.25, 0.3) is 0 Å². The first-order chi connectivity index (χ1) is 9.28. The Kier molecular flexibility index (Phi) is 3.76. The van der Waals surface area contributed by atoms with Gasteiger partial charge in [0.2, 0.25) is 0 Å². The van der Waals surface area contributed by atoms with E-state index in [-0.39, 0.29) is 12.2 Å². The van der Waals surface area contributed by atoms with Crippen molar-refractivity contribution < 1.29 is 9.84 Å². The molecule has 0 amide bonds. The van der Waals surface area contributed by atoms with Crippen molar-refractivity contribution in [1.29, 1.82) is 0 Å². The number of aryl methyl sites for hydroxylation is 1. The van der Waals surface area contributed by atoms with Gasteiger partial charge in [0.1, 0.15) is 11.9 Å². The van der Waals surface area contributed by atoms with E-state index in [1.54, 1.807) is 0 Å². The quantitative estimate of drug-likeness (QED) is 0.878. The number of nitrogens with one attached hydrogen (secondary N) is 1. The fourth-order valence-electron chi connectivity index (χ4n) is 3.36. The second kappa shape index (κ2) is 5.51. The van der Waals surface area contributed by atoms with Crippen LogP contribution in [0.2, 0.25) is 0 Å². The van der Waals surface area contributed by atoms with Gasteiger partial charge >= 0.3 is 0 Å². The zero-order valence-corrected chi connectivity index (χ0v) is 11.6. The molecule has 0 aliphatic heterocycles. The molecule has 3 heteroatoms. The highest BCUT2D eigenvalue weighted by Gasteiger charge is 2.26. The molecule has 1 saturated carbocycles. The van der Waals surface area contributed by atoms with Crippen molar-refractivity contribution in [2.45, 2.75) is 56.8 Å². The van der Waals surface area contributed by atoms with Crippen LogP contribution in [0.4, 0.5) is 0 Å². The van der Waals surface area contributed by atoms with Crippen molar-refractivity contribution >= 4 is 0 Å². The molecule has 3 rings (SSSR count). The Morgan fingerprint density at radius 2 is 2.05 bits per heavy atom. The van der Waals surface area contributed by atoms with Gasteiger partial charge in [-0.25, -0.2) is 0 Å². The zero-order chi connectivity index (χ0) is 13.2. The summed E-state index contributed by atoms with van der Waals surface area (Å²) in [6, 6.07) is 6.88. The van der Waals surface area contributed by atoms with E-state index >= 15 is 0 Å². The maximum Gasteiger partial charge on any atom is 0.124 e. The second-order valence-electron chi connectivity index (χ2n) is 5.75. The minimum Gasteiger partial charge on any atom is -0.488 e. The van der Waals surface area contributed by atoms with E-state index in [1.165, 1.54) is 17.5 Å². The van der Waals surface area contributed by atoms with Crippen LogP contribution >= 0.6 is 0 Å². The number of rotatable bonds is 3. The Bertz CT molecular complexity index is 446. The molecule has 1 aromatic carbocycles. The summed E-state index contributed by atoms with van der Waals surface area (Å²) >= 11 is 0. The van der Waals surface area contributed by atoms with Crippen LogP contribution in [0.3, 0.4) is 0 Å². The zero-order valence-electron chi connectivity index (χ0n) is 11.6. The van der Waals surface area contributed by atoms with E-state index in [2.05, 4.69) is 23.5 Å². The van der Waals surface area contributed by atoms with Crippen LogP contribution in [0, 0.1) is 0 Å². The second-order valence-corrected chi connectivity index (χ2v) is 5.75. The highest BCUT2D eigenvalue weighted by atomic mass is 16.5. The molecule has 0 heterocycles. The summed E-state index contributed by atoms with van der Waals surface area (Å²) in [6.07, 6.45) is 6.09. The van der Waals surface area contributed by atoms with Gasteiger partial charge in [0.15, 0.2) is 0 Å². The fourth-order valence-corrected chi connectivity index (χ4v) is 3.36. The Morgan fingerprint density at radius 1 is 1.21 bits per heavy atom. The Hall–Kier alpha value is -1.06. The first-order valence-corrected chi connectivity index (χ1v) is 7.43. The molecule has 3 unspecified atom stereocenters. The van der Waals surface area contributed by atoms with E-state index in [4.69, 9.17) is 4.74 Å². The average Bonchev–Trinajstić information content (AvgIpc) is 2.83. The van der Waals surface area contributed by atoms with E-state index in [1.807, 2.05) is 7.05 Å². The summed E-state index contributed by atoms with van der Waals surface area (Å²) in [7, 11) is 2.02. The molecule has 2 N–H and O–H groups in total. The van der Waals surface area contributed by atoms with Crippen LogP contribution in [-0.2, 0) is 6.42 Å². The van der Waals surface area contributed by atoms with Crippen LogP contribution in [0.5, 0.6) is 5.75 Å². The smallest absolute Gasteiger partial charge is 0.124 e. The average molecular weight is 261 g/mol. The van der Waals surface area contributed by atoms with Crippen molar-refractivity contribution in [2.75, 3.05) is 7.05 Å². The van der Waals surface area contributed by atoms with Gasteiger partial charge in [-0.15, -0.1) is 0 Å². The molecule has 1 aromatic rings. The molecular weight excluding hydrogens is 238 g/mol. The predicted octanol–water partition coefficient (Wildman–Crippen LogP) is 2.58. The Morgan fingerprint density at radius 3 is 2.84 bits per heavy atom. The third-order valence-electron chi connectivity index (χ3n) is 4.50. The van der Waals surface area contributed by atoms with Crippen molar-refractivity contribution in [3.63, 3.8) is 0 Å². The van der Waals surface area contributed by atoms with E-state index in [9.17, 15) is 5.11 Å². The predicted molar refractivity (Wildman–Crippen MR) is 75.5 cm³/mol. The van der Waals surface area contributed by atoms with Gasteiger partial charge in [-0.1, -0.05) is 12.5 Å². The van der Waals surface area contributed by atoms with E-state index in [0.717, 1.165) is 37.9 Å². The number of fused-ring (bicyclic) bond motifs is 1. The maximum absolute atomic E-state index is 9.97. The molecule has 3 nitrogen and oxygen atoms in total. The van der Waals surface area contributed by atoms with Crippen LogP contribution in [-0.4, -0.2) is 24.4 Å². The number of aliphatic hydroxyl groups excluding tert-OH is 1. The molecule has 0 aromatic heterocycles. The highest BCUT2D eigenvalue weighted by molar-refractivity contribution is 5.40. The summed E-state index contributed by atoms with van der Waals surface area (Å²) < 4.78 is 5.99. The largest absolute Gasteiger partial charge is 0.488 e. The molecule has 19 heavy (non-hydrogen) atoms. The van der Waals surface area contributed by atoms with Crippen molar-refractivity contribution in [3.8, 4) is 5.75 Å². The van der Waals surface area contributed by atoms with Crippen LogP contribution in [0.25, 0.3) is 0 Å². The summed E-state index contributed by atoms with van der Waals surface area (Å²) in [5.74, 6) is 0.918. The Labute approximate surface area is 115 Å². The Balaban J connectivity index is 1.72. The number of benzene rings is 1. The number of hydrogen-bond acceptors (Lipinski definition) is 3. The number of ether oxygens (including phenoxy) is 1. The molecule has 0 radical (unpaired) electrons. The minimum absolute atomic E-state index is 0.0201. The molecule has 1 fully saturated rings. The summed E-state index contributed by atoms with van der Waals surface area (Å²) in [5.41, 5.74) is 2.79. The summed E-state index contributed by atoms with van der Waals surface area (Å²) in [4.78, 5) is 0. The first kappa shape index (κ1) is 12.9. The van der Waals surface area contributed by atoms with Crippen molar-refractivity contribution in [2.24, 2.45) is 0 Å². The molecule has 0 saturated heterocycles. The molecule has 104 valence electrons. The molecular formula is C16H23NO2. The third-order valence-corrected chi connectivity index (χ3v) is 4.50. The van der Waals surface area contributed by atoms with Gasteiger partial charge < -0.3 is 15.2 Å². The van der Waals surface area contributed by atoms with Crippen LogP contribution < -0.4 is 10.1 Å². The molecule has 2 aliphatic carbocycles. The van der Waals surface area contributed by atoms with Gasteiger partial charge in [0, 0.05) is 6.04 Å². The van der Waals surface area contributed by atoms with E-state index in [0.29, 0.717) is 6.04 Å². The first-order valence-electron chi connectivity index (χ1n) is 7.43. The molecule has 2 aliphatic rings. The molecule has 0 spiro atoms. The molecule has 0 bridgehead atoms. The van der Waals surface area contributed by atoms with Gasteiger partial charge in [-0.2, -0.15) is 0 Å². The van der Waals surface area contributed by atoms with Crippen LogP contribution in [0.1, 0.15) is 49.3 Å². The van der Waals surface area contributed by atoms with Crippen molar-refractivity contribution in [3.05, 3.63) is 29.3 Å². The lowest BCUT2D eigenvalue weighted by atomic mass is 9.95. The monoisotopic (exact) mass is 261 g/mol. The SMILES string of the molecule is CNC1CCc2cc(OC3CCCCC3O)ccc21. The summed E-state index contributed by atoms with van der Waals surface area (Å²) in [6.45, 7) is 0. The lowest BCUT2D eigenvalue weighted by Crippen LogP contribution is -2.34. The van der Waals surface area contributed by atoms with Gasteiger partial charge in [-0.05, 0) is 62.4 Å². The maximum atomic E-state index is 9.97. The topological polar surface area (TPSA) is 41.5 Å². The lowest BCUT2D eigenvalue weighted by molar-refractivity contribution is 0.00684.